The van der Waals surface area contributed by atoms with Gasteiger partial charge < -0.3 is 10.2 Å². The van der Waals surface area contributed by atoms with E-state index in [1.807, 2.05) is 18.7 Å². The van der Waals surface area contributed by atoms with E-state index >= 15 is 0 Å². The highest BCUT2D eigenvalue weighted by Gasteiger charge is 2.39. The quantitative estimate of drug-likeness (QED) is 0.924. The summed E-state index contributed by atoms with van der Waals surface area (Å²) in [6, 6.07) is -1.05. The van der Waals surface area contributed by atoms with Crippen LogP contribution in [0.25, 0.3) is 0 Å². The van der Waals surface area contributed by atoms with E-state index in [0.717, 1.165) is 19.4 Å². The standard InChI is InChI=1S/C15H23F2N5O/c1-9(2)14(23)21-5-3-4-10(7-21)11-6-12(13(16)17)22-15(20-11)18-8-19-22/h8-13H,3-7H2,1-2H3,(H,18,19,20)/t10?,11-,12+/m0/s1. The summed E-state index contributed by atoms with van der Waals surface area (Å²) in [4.78, 5) is 18.1. The SMILES string of the molecule is CC(C)C(=O)N1CCCC([C@@H]2C[C@H](C(F)F)n3ncnc3N2)C1. The minimum atomic E-state index is -2.47. The Bertz CT molecular complexity index is 562. The number of alkyl halides is 2. The van der Waals surface area contributed by atoms with Gasteiger partial charge in [0.05, 0.1) is 0 Å². The van der Waals surface area contributed by atoms with E-state index in [0.29, 0.717) is 18.9 Å². The van der Waals surface area contributed by atoms with Crippen molar-refractivity contribution in [2.45, 2.75) is 51.6 Å². The van der Waals surface area contributed by atoms with Crippen molar-refractivity contribution < 1.29 is 13.6 Å². The highest BCUT2D eigenvalue weighted by atomic mass is 19.3. The highest BCUT2D eigenvalue weighted by molar-refractivity contribution is 5.78. The Morgan fingerprint density at radius 3 is 2.91 bits per heavy atom. The van der Waals surface area contributed by atoms with Crippen molar-refractivity contribution in [3.8, 4) is 0 Å². The molecule has 1 amide bonds. The molecule has 128 valence electrons. The largest absolute Gasteiger partial charge is 0.351 e. The molecule has 1 aromatic rings. The zero-order chi connectivity index (χ0) is 16.6. The summed E-state index contributed by atoms with van der Waals surface area (Å²) in [6.45, 7) is 5.16. The fourth-order valence-electron chi connectivity index (χ4n) is 3.60. The van der Waals surface area contributed by atoms with E-state index < -0.39 is 12.5 Å². The maximum atomic E-state index is 13.3. The van der Waals surface area contributed by atoms with Crippen LogP contribution in [0.15, 0.2) is 6.33 Å². The van der Waals surface area contributed by atoms with Gasteiger partial charge >= 0.3 is 0 Å². The van der Waals surface area contributed by atoms with Crippen LogP contribution in [0.5, 0.6) is 0 Å². The van der Waals surface area contributed by atoms with Gasteiger partial charge in [-0.3, -0.25) is 4.79 Å². The highest BCUT2D eigenvalue weighted by Crippen LogP contribution is 2.35. The van der Waals surface area contributed by atoms with Crippen LogP contribution < -0.4 is 5.32 Å². The smallest absolute Gasteiger partial charge is 0.260 e. The predicted octanol–water partition coefficient (Wildman–Crippen LogP) is 2.16. The number of fused-ring (bicyclic) bond motifs is 1. The van der Waals surface area contributed by atoms with Crippen LogP contribution >= 0.6 is 0 Å². The number of hydrogen-bond acceptors (Lipinski definition) is 4. The Kier molecular flexibility index (Phi) is 4.50. The Balaban J connectivity index is 1.73. The number of hydrogen-bond donors (Lipinski definition) is 1. The van der Waals surface area contributed by atoms with Gasteiger partial charge in [0.2, 0.25) is 11.9 Å². The Morgan fingerprint density at radius 1 is 1.43 bits per heavy atom. The molecule has 0 bridgehead atoms. The summed E-state index contributed by atoms with van der Waals surface area (Å²) in [5.74, 6) is 0.668. The first-order valence-electron chi connectivity index (χ1n) is 8.20. The van der Waals surface area contributed by atoms with Crippen molar-refractivity contribution >= 4 is 11.9 Å². The second kappa shape index (κ2) is 6.41. The van der Waals surface area contributed by atoms with Gasteiger partial charge in [-0.2, -0.15) is 10.1 Å². The van der Waals surface area contributed by atoms with Crippen LogP contribution in [0.2, 0.25) is 0 Å². The molecule has 3 atom stereocenters. The Morgan fingerprint density at radius 2 is 2.22 bits per heavy atom. The monoisotopic (exact) mass is 327 g/mol. The van der Waals surface area contributed by atoms with Crippen molar-refractivity contribution in [2.75, 3.05) is 18.4 Å². The maximum absolute atomic E-state index is 13.3. The van der Waals surface area contributed by atoms with Gasteiger partial charge in [-0.05, 0) is 25.2 Å². The molecule has 6 nitrogen and oxygen atoms in total. The Labute approximate surface area is 134 Å². The van der Waals surface area contributed by atoms with Gasteiger partial charge in [0.25, 0.3) is 6.43 Å². The Hall–Kier alpha value is -1.73. The number of rotatable bonds is 3. The van der Waals surface area contributed by atoms with Crippen molar-refractivity contribution in [3.05, 3.63) is 6.33 Å². The molecule has 0 spiro atoms. The lowest BCUT2D eigenvalue weighted by molar-refractivity contribution is -0.136. The number of nitrogens with one attached hydrogen (secondary N) is 1. The summed E-state index contributed by atoms with van der Waals surface area (Å²) < 4.78 is 28.0. The number of nitrogens with zero attached hydrogens (tertiary/aromatic N) is 4. The summed E-state index contributed by atoms with van der Waals surface area (Å²) in [5.41, 5.74) is 0. The van der Waals surface area contributed by atoms with Crippen LogP contribution in [-0.2, 0) is 4.79 Å². The first kappa shape index (κ1) is 16.1. The number of carbonyl (C=O) groups is 1. The van der Waals surface area contributed by atoms with Crippen molar-refractivity contribution in [1.82, 2.24) is 19.7 Å². The van der Waals surface area contributed by atoms with E-state index in [4.69, 9.17) is 0 Å². The molecule has 2 aliphatic rings. The van der Waals surface area contributed by atoms with Crippen molar-refractivity contribution in [2.24, 2.45) is 11.8 Å². The number of piperidine rings is 1. The van der Waals surface area contributed by atoms with Crippen LogP contribution in [0.4, 0.5) is 14.7 Å². The zero-order valence-corrected chi connectivity index (χ0v) is 13.5. The molecule has 1 N–H and O–H groups in total. The number of amides is 1. The molecular weight excluding hydrogens is 304 g/mol. The first-order valence-corrected chi connectivity index (χ1v) is 8.20. The average Bonchev–Trinajstić information content (AvgIpc) is 3.01. The minimum absolute atomic E-state index is 0.0371. The number of aromatic nitrogens is 3. The summed E-state index contributed by atoms with van der Waals surface area (Å²) in [5, 5.41) is 7.14. The lowest BCUT2D eigenvalue weighted by atomic mass is 9.86. The van der Waals surface area contributed by atoms with E-state index in [1.54, 1.807) is 0 Å². The molecule has 1 aromatic heterocycles. The summed E-state index contributed by atoms with van der Waals surface area (Å²) >= 11 is 0. The van der Waals surface area contributed by atoms with E-state index in [1.165, 1.54) is 11.0 Å². The molecule has 2 aliphatic heterocycles. The molecular formula is C15H23F2N5O. The van der Waals surface area contributed by atoms with Gasteiger partial charge in [0.15, 0.2) is 0 Å². The van der Waals surface area contributed by atoms with Crippen LogP contribution in [0, 0.1) is 11.8 Å². The lowest BCUT2D eigenvalue weighted by Crippen LogP contribution is -2.49. The molecule has 0 radical (unpaired) electrons. The maximum Gasteiger partial charge on any atom is 0.260 e. The van der Waals surface area contributed by atoms with Crippen molar-refractivity contribution in [3.63, 3.8) is 0 Å². The van der Waals surface area contributed by atoms with Crippen LogP contribution in [0.3, 0.4) is 0 Å². The normalized spacial score (nSPS) is 27.9. The van der Waals surface area contributed by atoms with Crippen LogP contribution in [0.1, 0.15) is 39.2 Å². The lowest BCUT2D eigenvalue weighted by Gasteiger charge is -2.41. The summed E-state index contributed by atoms with van der Waals surface area (Å²) in [7, 11) is 0. The van der Waals surface area contributed by atoms with Gasteiger partial charge in [-0.15, -0.1) is 0 Å². The van der Waals surface area contributed by atoms with Gasteiger partial charge in [-0.1, -0.05) is 13.8 Å². The number of halogens is 2. The zero-order valence-electron chi connectivity index (χ0n) is 13.5. The van der Waals surface area contributed by atoms with E-state index in [-0.39, 0.29) is 23.8 Å². The topological polar surface area (TPSA) is 63.1 Å². The fourth-order valence-corrected chi connectivity index (χ4v) is 3.60. The molecule has 3 rings (SSSR count). The summed E-state index contributed by atoms with van der Waals surface area (Å²) in [6.07, 6.45) is 0.978. The predicted molar refractivity (Wildman–Crippen MR) is 81.2 cm³/mol. The van der Waals surface area contributed by atoms with Gasteiger partial charge in [-0.25, -0.2) is 13.5 Å². The molecule has 0 aromatic carbocycles. The molecule has 1 fully saturated rings. The molecule has 3 heterocycles. The molecule has 8 heteroatoms. The van der Waals surface area contributed by atoms with Gasteiger partial charge in [0, 0.05) is 25.0 Å². The first-order chi connectivity index (χ1) is 11.0. The third-order valence-corrected chi connectivity index (χ3v) is 4.82. The molecule has 23 heavy (non-hydrogen) atoms. The molecule has 0 saturated carbocycles. The minimum Gasteiger partial charge on any atom is -0.351 e. The fraction of sp³-hybridized carbons (Fsp3) is 0.800. The average molecular weight is 327 g/mol. The second-order valence-corrected chi connectivity index (χ2v) is 6.76. The third-order valence-electron chi connectivity index (χ3n) is 4.82. The number of anilines is 1. The molecule has 1 saturated heterocycles. The second-order valence-electron chi connectivity index (χ2n) is 6.76. The van der Waals surface area contributed by atoms with E-state index in [2.05, 4.69) is 15.4 Å². The van der Waals surface area contributed by atoms with Crippen LogP contribution in [-0.4, -0.2) is 51.1 Å². The van der Waals surface area contributed by atoms with Gasteiger partial charge in [0.1, 0.15) is 12.4 Å². The third kappa shape index (κ3) is 3.16. The number of carbonyl (C=O) groups excluding carboxylic acids is 1. The van der Waals surface area contributed by atoms with Crippen molar-refractivity contribution in [1.29, 1.82) is 0 Å². The van der Waals surface area contributed by atoms with E-state index in [9.17, 15) is 13.6 Å². The molecule has 1 unspecified atom stereocenters. The molecule has 0 aliphatic carbocycles. The number of likely N-dealkylation sites (tertiary alicyclic amines) is 1.